The van der Waals surface area contributed by atoms with Crippen LogP contribution in [0.25, 0.3) is 0 Å². The molecule has 4 rings (SSSR count). The van der Waals surface area contributed by atoms with Crippen LogP contribution in [0, 0.1) is 12.7 Å². The first-order chi connectivity index (χ1) is 17.4. The van der Waals surface area contributed by atoms with Crippen molar-refractivity contribution in [1.82, 2.24) is 9.80 Å². The van der Waals surface area contributed by atoms with Crippen LogP contribution in [0.15, 0.2) is 60.0 Å². The third-order valence-corrected chi connectivity index (χ3v) is 8.14. The largest absolute Gasteiger partial charge is 0.332 e. The minimum atomic E-state index is -0.297. The molecule has 1 aliphatic carbocycles. The van der Waals surface area contributed by atoms with Crippen molar-refractivity contribution < 1.29 is 14.0 Å². The summed E-state index contributed by atoms with van der Waals surface area (Å²) in [6, 6.07) is 16.2. The number of hydrogen-bond acceptors (Lipinski definition) is 3. The van der Waals surface area contributed by atoms with E-state index in [4.69, 9.17) is 0 Å². The van der Waals surface area contributed by atoms with Crippen molar-refractivity contribution in [2.75, 3.05) is 6.54 Å². The molecule has 190 valence electrons. The molecule has 3 aromatic rings. The second-order valence-corrected chi connectivity index (χ2v) is 10.7. The van der Waals surface area contributed by atoms with Crippen molar-refractivity contribution in [3.8, 4) is 0 Å². The first-order valence-electron chi connectivity index (χ1n) is 12.9. The van der Waals surface area contributed by atoms with Crippen molar-refractivity contribution in [1.29, 1.82) is 0 Å². The van der Waals surface area contributed by atoms with Gasteiger partial charge in [0.1, 0.15) is 12.4 Å². The van der Waals surface area contributed by atoms with E-state index in [1.165, 1.54) is 24.1 Å². The zero-order valence-electron chi connectivity index (χ0n) is 21.2. The SMILES string of the molecule is CCc1ccc(C(=O)N(CC(=O)N(Cc2ccc(F)cc2)Cc2sccc2C)C2CCCCC2)cc1. The van der Waals surface area contributed by atoms with Crippen LogP contribution in [0.2, 0.25) is 0 Å². The van der Waals surface area contributed by atoms with Gasteiger partial charge in [-0.25, -0.2) is 4.39 Å². The number of aryl methyl sites for hydroxylation is 2. The van der Waals surface area contributed by atoms with E-state index in [1.807, 2.05) is 36.6 Å². The van der Waals surface area contributed by atoms with E-state index in [0.717, 1.165) is 48.1 Å². The molecule has 6 heteroatoms. The molecule has 0 N–H and O–H groups in total. The lowest BCUT2D eigenvalue weighted by Crippen LogP contribution is -2.48. The normalized spacial score (nSPS) is 14.0. The lowest BCUT2D eigenvalue weighted by Gasteiger charge is -2.35. The molecule has 0 unspecified atom stereocenters. The van der Waals surface area contributed by atoms with Crippen LogP contribution in [-0.4, -0.2) is 34.2 Å². The maximum atomic E-state index is 13.8. The molecule has 2 aromatic carbocycles. The second kappa shape index (κ2) is 12.3. The highest BCUT2D eigenvalue weighted by Gasteiger charge is 2.30. The number of carbonyl (C=O) groups excluding carboxylic acids is 2. The summed E-state index contributed by atoms with van der Waals surface area (Å²) in [5.41, 5.74) is 3.83. The van der Waals surface area contributed by atoms with Crippen molar-refractivity contribution in [2.45, 2.75) is 71.5 Å². The van der Waals surface area contributed by atoms with Crippen LogP contribution in [0.1, 0.15) is 71.0 Å². The van der Waals surface area contributed by atoms with E-state index in [9.17, 15) is 14.0 Å². The number of nitrogens with zero attached hydrogens (tertiary/aromatic N) is 2. The van der Waals surface area contributed by atoms with Gasteiger partial charge in [0.15, 0.2) is 0 Å². The Morgan fingerprint density at radius 3 is 2.19 bits per heavy atom. The second-order valence-electron chi connectivity index (χ2n) is 9.68. The summed E-state index contributed by atoms with van der Waals surface area (Å²) in [5, 5.41) is 2.03. The van der Waals surface area contributed by atoms with Gasteiger partial charge < -0.3 is 9.80 Å². The Hall–Kier alpha value is -2.99. The van der Waals surface area contributed by atoms with Crippen molar-refractivity contribution in [3.63, 3.8) is 0 Å². The van der Waals surface area contributed by atoms with Crippen LogP contribution < -0.4 is 0 Å². The Labute approximate surface area is 217 Å². The average molecular weight is 507 g/mol. The number of rotatable bonds is 9. The van der Waals surface area contributed by atoms with Gasteiger partial charge in [0.05, 0.1) is 6.54 Å². The van der Waals surface area contributed by atoms with Gasteiger partial charge in [0.2, 0.25) is 5.91 Å². The summed E-state index contributed by atoms with van der Waals surface area (Å²) < 4.78 is 13.5. The molecule has 0 bridgehead atoms. The molecule has 0 spiro atoms. The number of carbonyl (C=O) groups is 2. The lowest BCUT2D eigenvalue weighted by atomic mass is 9.93. The summed E-state index contributed by atoms with van der Waals surface area (Å²) in [7, 11) is 0. The Morgan fingerprint density at radius 1 is 0.917 bits per heavy atom. The summed E-state index contributed by atoms with van der Waals surface area (Å²) in [5.74, 6) is -0.461. The van der Waals surface area contributed by atoms with E-state index in [1.54, 1.807) is 33.3 Å². The van der Waals surface area contributed by atoms with Crippen LogP contribution >= 0.6 is 11.3 Å². The molecule has 0 radical (unpaired) electrons. The molecule has 1 fully saturated rings. The van der Waals surface area contributed by atoms with Crippen LogP contribution in [0.4, 0.5) is 4.39 Å². The fourth-order valence-electron chi connectivity index (χ4n) is 4.84. The minimum absolute atomic E-state index is 0.0463. The van der Waals surface area contributed by atoms with Gasteiger partial charge in [-0.15, -0.1) is 11.3 Å². The maximum Gasteiger partial charge on any atom is 0.254 e. The highest BCUT2D eigenvalue weighted by molar-refractivity contribution is 7.10. The number of thiophene rings is 1. The molecule has 4 nitrogen and oxygen atoms in total. The standard InChI is InChI=1S/C30H35FN2O2S/c1-3-23-9-13-25(14-10-23)30(35)33(27-7-5-4-6-8-27)21-29(34)32(20-28-22(2)17-18-36-28)19-24-11-15-26(31)16-12-24/h9-18,27H,3-8,19-21H2,1-2H3. The Balaban J connectivity index is 1.58. The van der Waals surface area contributed by atoms with Crippen LogP contribution in [-0.2, 0) is 24.3 Å². The molecule has 1 saturated carbocycles. The molecule has 2 amide bonds. The highest BCUT2D eigenvalue weighted by atomic mass is 32.1. The van der Waals surface area contributed by atoms with Crippen LogP contribution in [0.3, 0.4) is 0 Å². The molecule has 36 heavy (non-hydrogen) atoms. The zero-order valence-corrected chi connectivity index (χ0v) is 22.0. The Kier molecular flexibility index (Phi) is 8.92. The molecule has 0 aliphatic heterocycles. The maximum absolute atomic E-state index is 13.8. The van der Waals surface area contributed by atoms with E-state index >= 15 is 0 Å². The number of benzene rings is 2. The third kappa shape index (κ3) is 6.61. The molecule has 0 saturated heterocycles. The van der Waals surface area contributed by atoms with Crippen molar-refractivity contribution in [3.05, 3.63) is 92.9 Å². The topological polar surface area (TPSA) is 40.6 Å². The Bertz CT molecular complexity index is 1150. The van der Waals surface area contributed by atoms with Gasteiger partial charge in [0.25, 0.3) is 5.91 Å². The molecular weight excluding hydrogens is 471 g/mol. The van der Waals surface area contributed by atoms with Crippen molar-refractivity contribution in [2.24, 2.45) is 0 Å². The van der Waals surface area contributed by atoms with Crippen molar-refractivity contribution >= 4 is 23.2 Å². The molecule has 1 aliphatic rings. The number of halogens is 1. The first kappa shape index (κ1) is 26.1. The van der Waals surface area contributed by atoms with Gasteiger partial charge >= 0.3 is 0 Å². The molecule has 0 atom stereocenters. The van der Waals surface area contributed by atoms with Gasteiger partial charge in [-0.2, -0.15) is 0 Å². The van der Waals surface area contributed by atoms with E-state index in [2.05, 4.69) is 13.0 Å². The summed E-state index contributed by atoms with van der Waals surface area (Å²) in [4.78, 5) is 32.2. The van der Waals surface area contributed by atoms with Gasteiger partial charge in [0, 0.05) is 23.0 Å². The molecular formula is C30H35FN2O2S. The first-order valence-corrected chi connectivity index (χ1v) is 13.8. The minimum Gasteiger partial charge on any atom is -0.332 e. The summed E-state index contributed by atoms with van der Waals surface area (Å²) in [6.07, 6.45) is 6.09. The van der Waals surface area contributed by atoms with Crippen LogP contribution in [0.5, 0.6) is 0 Å². The quantitative estimate of drug-likeness (QED) is 0.322. The zero-order chi connectivity index (χ0) is 25.5. The fraction of sp³-hybridized carbons (Fsp3) is 0.400. The fourth-order valence-corrected chi connectivity index (χ4v) is 5.76. The van der Waals surface area contributed by atoms with Gasteiger partial charge in [-0.05, 0) is 78.6 Å². The predicted molar refractivity (Wildman–Crippen MR) is 143 cm³/mol. The lowest BCUT2D eigenvalue weighted by molar-refractivity contribution is -0.133. The van der Waals surface area contributed by atoms with Gasteiger partial charge in [-0.1, -0.05) is 50.5 Å². The average Bonchev–Trinajstić information content (AvgIpc) is 3.32. The van der Waals surface area contributed by atoms with Gasteiger partial charge in [-0.3, -0.25) is 9.59 Å². The van der Waals surface area contributed by atoms with E-state index in [-0.39, 0.29) is 30.2 Å². The highest BCUT2D eigenvalue weighted by Crippen LogP contribution is 2.25. The number of amides is 2. The Morgan fingerprint density at radius 2 is 1.58 bits per heavy atom. The molecule has 1 aromatic heterocycles. The smallest absolute Gasteiger partial charge is 0.254 e. The summed E-state index contributed by atoms with van der Waals surface area (Å²) >= 11 is 1.63. The summed E-state index contributed by atoms with van der Waals surface area (Å²) in [6.45, 7) is 5.02. The predicted octanol–water partition coefficient (Wildman–Crippen LogP) is 6.76. The van der Waals surface area contributed by atoms with E-state index < -0.39 is 0 Å². The monoisotopic (exact) mass is 506 g/mol. The van der Waals surface area contributed by atoms with E-state index in [0.29, 0.717) is 18.7 Å². The molecule has 1 heterocycles. The number of hydrogen-bond donors (Lipinski definition) is 0. The third-order valence-electron chi connectivity index (χ3n) is 7.13.